The lowest BCUT2D eigenvalue weighted by Gasteiger charge is -1.97. The Kier molecular flexibility index (Phi) is 3.08. The van der Waals surface area contributed by atoms with Crippen LogP contribution in [0, 0.1) is 10.7 Å². The summed E-state index contributed by atoms with van der Waals surface area (Å²) in [5.41, 5.74) is 0. The summed E-state index contributed by atoms with van der Waals surface area (Å²) in [6.45, 7) is 0. The number of aromatic amines is 1. The average molecular weight is 190 g/mol. The third-order valence-corrected chi connectivity index (χ3v) is 1.52. The Hall–Kier alpha value is -0.860. The Morgan fingerprint density at radius 1 is 1.91 bits per heavy atom. The third kappa shape index (κ3) is 2.33. The maximum absolute atomic E-state index is 8.14. The molecule has 1 aromatic rings. The van der Waals surface area contributed by atoms with Crippen molar-refractivity contribution in [2.75, 3.05) is 5.94 Å². The van der Waals surface area contributed by atoms with Crippen molar-refractivity contribution >= 4 is 23.4 Å². The van der Waals surface area contributed by atoms with Crippen LogP contribution in [0.1, 0.15) is 0 Å². The standard InChI is InChI=1S/C5H4ClN3OS/c6-4-1-8-9-5(4)10-3-11-2-7/h1H,3H2,(H,8,9). The first-order valence-electron chi connectivity index (χ1n) is 2.67. The van der Waals surface area contributed by atoms with E-state index in [-0.39, 0.29) is 5.94 Å². The number of ether oxygens (including phenoxy) is 1. The summed E-state index contributed by atoms with van der Waals surface area (Å²) in [6, 6.07) is 0. The van der Waals surface area contributed by atoms with Gasteiger partial charge in [-0.2, -0.15) is 10.4 Å². The quantitative estimate of drug-likeness (QED) is 0.446. The van der Waals surface area contributed by atoms with Crippen LogP contribution in [0.5, 0.6) is 5.88 Å². The highest BCUT2D eigenvalue weighted by Gasteiger charge is 2.01. The zero-order chi connectivity index (χ0) is 8.10. The second-order valence-corrected chi connectivity index (χ2v) is 2.66. The first-order valence-corrected chi connectivity index (χ1v) is 4.03. The van der Waals surface area contributed by atoms with Crippen LogP contribution < -0.4 is 4.74 Å². The van der Waals surface area contributed by atoms with Crippen molar-refractivity contribution in [3.63, 3.8) is 0 Å². The van der Waals surface area contributed by atoms with Crippen LogP contribution in [0.25, 0.3) is 0 Å². The molecule has 11 heavy (non-hydrogen) atoms. The molecule has 0 bridgehead atoms. The molecule has 0 amide bonds. The molecule has 0 aromatic carbocycles. The topological polar surface area (TPSA) is 61.7 Å². The van der Waals surface area contributed by atoms with Crippen molar-refractivity contribution in [2.45, 2.75) is 0 Å². The van der Waals surface area contributed by atoms with E-state index in [0.717, 1.165) is 11.8 Å². The summed E-state index contributed by atoms with van der Waals surface area (Å²) in [5, 5.41) is 16.6. The summed E-state index contributed by atoms with van der Waals surface area (Å²) in [6.07, 6.45) is 1.44. The van der Waals surface area contributed by atoms with Crippen LogP contribution in [0.3, 0.4) is 0 Å². The van der Waals surface area contributed by atoms with Crippen LogP contribution in [-0.4, -0.2) is 16.1 Å². The van der Waals surface area contributed by atoms with E-state index in [0.29, 0.717) is 10.9 Å². The fraction of sp³-hybridized carbons (Fsp3) is 0.200. The lowest BCUT2D eigenvalue weighted by atomic mass is 10.7. The van der Waals surface area contributed by atoms with E-state index in [9.17, 15) is 0 Å². The number of hydrogen-bond donors (Lipinski definition) is 1. The molecule has 6 heteroatoms. The lowest BCUT2D eigenvalue weighted by Crippen LogP contribution is -1.91. The predicted octanol–water partition coefficient (Wildman–Crippen LogP) is 1.61. The Balaban J connectivity index is 2.40. The zero-order valence-corrected chi connectivity index (χ0v) is 6.95. The third-order valence-electron chi connectivity index (χ3n) is 0.888. The Morgan fingerprint density at radius 2 is 2.73 bits per heavy atom. The molecule has 4 nitrogen and oxygen atoms in total. The number of thioether (sulfide) groups is 1. The van der Waals surface area contributed by atoms with Gasteiger partial charge in [0.2, 0.25) is 5.88 Å². The molecule has 0 saturated carbocycles. The van der Waals surface area contributed by atoms with Crippen molar-refractivity contribution < 1.29 is 4.74 Å². The van der Waals surface area contributed by atoms with Crippen LogP contribution in [0.15, 0.2) is 6.20 Å². The summed E-state index contributed by atoms with van der Waals surface area (Å²) in [5.74, 6) is 0.646. The van der Waals surface area contributed by atoms with Crippen molar-refractivity contribution in [1.29, 1.82) is 5.26 Å². The summed E-state index contributed by atoms with van der Waals surface area (Å²) in [4.78, 5) is 0. The van der Waals surface area contributed by atoms with Gasteiger partial charge in [0.05, 0.1) is 6.20 Å². The van der Waals surface area contributed by atoms with Gasteiger partial charge >= 0.3 is 0 Å². The maximum atomic E-state index is 8.14. The molecule has 0 spiro atoms. The van der Waals surface area contributed by atoms with Crippen LogP contribution in [0.2, 0.25) is 5.02 Å². The largest absolute Gasteiger partial charge is 0.465 e. The maximum Gasteiger partial charge on any atom is 0.229 e. The molecule has 0 atom stereocenters. The number of hydrogen-bond acceptors (Lipinski definition) is 4. The highest BCUT2D eigenvalue weighted by atomic mass is 35.5. The lowest BCUT2D eigenvalue weighted by molar-refractivity contribution is 0.377. The molecule has 0 unspecified atom stereocenters. The van der Waals surface area contributed by atoms with E-state index >= 15 is 0 Å². The number of rotatable bonds is 3. The second kappa shape index (κ2) is 4.11. The number of nitrogens with one attached hydrogen (secondary N) is 1. The fourth-order valence-corrected chi connectivity index (χ4v) is 0.851. The van der Waals surface area contributed by atoms with Crippen molar-refractivity contribution in [1.82, 2.24) is 10.2 Å². The number of H-pyrrole nitrogens is 1. The fourth-order valence-electron chi connectivity index (χ4n) is 0.476. The minimum Gasteiger partial charge on any atom is -0.465 e. The Labute approximate surface area is 72.5 Å². The molecule has 1 rings (SSSR count). The van der Waals surface area contributed by atoms with Gasteiger partial charge in [0.1, 0.15) is 16.4 Å². The molecule has 0 aliphatic heterocycles. The van der Waals surface area contributed by atoms with Gasteiger partial charge < -0.3 is 4.74 Å². The average Bonchev–Trinajstić information content (AvgIpc) is 2.37. The van der Waals surface area contributed by atoms with Gasteiger partial charge in [0.15, 0.2) is 0 Å². The van der Waals surface area contributed by atoms with E-state index in [1.807, 2.05) is 5.40 Å². The molecule has 1 aromatic heterocycles. The number of nitrogens with zero attached hydrogens (tertiary/aromatic N) is 2. The molecule has 0 aliphatic carbocycles. The molecule has 1 heterocycles. The zero-order valence-electron chi connectivity index (χ0n) is 5.37. The van der Waals surface area contributed by atoms with E-state index in [1.54, 1.807) is 0 Å². The number of nitriles is 1. The van der Waals surface area contributed by atoms with Gasteiger partial charge in [0.25, 0.3) is 0 Å². The molecule has 58 valence electrons. The van der Waals surface area contributed by atoms with Gasteiger partial charge in [-0.15, -0.1) is 0 Å². The van der Waals surface area contributed by atoms with Crippen LogP contribution in [0.4, 0.5) is 0 Å². The first kappa shape index (κ1) is 8.24. The smallest absolute Gasteiger partial charge is 0.229 e. The van der Waals surface area contributed by atoms with Gasteiger partial charge in [-0.3, -0.25) is 0 Å². The normalized spacial score (nSPS) is 9.09. The van der Waals surface area contributed by atoms with E-state index in [4.69, 9.17) is 21.6 Å². The second-order valence-electron chi connectivity index (χ2n) is 1.54. The Morgan fingerprint density at radius 3 is 3.27 bits per heavy atom. The van der Waals surface area contributed by atoms with Crippen molar-refractivity contribution in [2.24, 2.45) is 0 Å². The summed E-state index contributed by atoms with van der Waals surface area (Å²) >= 11 is 6.60. The Bertz CT molecular complexity index is 269. The number of aromatic nitrogens is 2. The van der Waals surface area contributed by atoms with Crippen molar-refractivity contribution in [3.8, 4) is 11.3 Å². The van der Waals surface area contributed by atoms with E-state index in [1.165, 1.54) is 6.20 Å². The SMILES string of the molecule is N#CSCOc1[nH]ncc1Cl. The molecule has 0 saturated heterocycles. The van der Waals surface area contributed by atoms with Gasteiger partial charge in [-0.1, -0.05) is 11.6 Å². The van der Waals surface area contributed by atoms with Gasteiger partial charge in [0, 0.05) is 0 Å². The highest BCUT2D eigenvalue weighted by Crippen LogP contribution is 2.20. The molecule has 0 aliphatic rings. The number of thiocyanates is 1. The van der Waals surface area contributed by atoms with Crippen molar-refractivity contribution in [3.05, 3.63) is 11.2 Å². The van der Waals surface area contributed by atoms with Gasteiger partial charge in [-0.05, 0) is 11.8 Å². The monoisotopic (exact) mass is 189 g/mol. The van der Waals surface area contributed by atoms with Crippen LogP contribution in [-0.2, 0) is 0 Å². The summed E-state index contributed by atoms with van der Waals surface area (Å²) < 4.78 is 5.01. The predicted molar refractivity (Wildman–Crippen MR) is 42.3 cm³/mol. The molecular weight excluding hydrogens is 186 g/mol. The minimum absolute atomic E-state index is 0.248. The summed E-state index contributed by atoms with van der Waals surface area (Å²) in [7, 11) is 0. The molecule has 1 N–H and O–H groups in total. The highest BCUT2D eigenvalue weighted by molar-refractivity contribution is 8.03. The van der Waals surface area contributed by atoms with Crippen LogP contribution >= 0.6 is 23.4 Å². The molecule has 0 fully saturated rings. The van der Waals surface area contributed by atoms with E-state index in [2.05, 4.69) is 10.2 Å². The van der Waals surface area contributed by atoms with Gasteiger partial charge in [-0.25, -0.2) is 5.10 Å². The van der Waals surface area contributed by atoms with E-state index < -0.39 is 0 Å². The number of halogens is 1. The first-order chi connectivity index (χ1) is 5.34. The molecule has 0 radical (unpaired) electrons. The minimum atomic E-state index is 0.248. The molecular formula is C5H4ClN3OS.